The molecule has 6 heteroatoms. The lowest BCUT2D eigenvalue weighted by Crippen LogP contribution is -2.51. The van der Waals surface area contributed by atoms with Crippen molar-refractivity contribution < 1.29 is 19.5 Å². The van der Waals surface area contributed by atoms with Gasteiger partial charge in [-0.05, 0) is 45.2 Å². The second-order valence-electron chi connectivity index (χ2n) is 6.00. The standard InChI is InChI=1S/C17H22N2O4/c1-11-7-12(2)9-13(8-11)16(21)18-10-15(20)19-6-4-3-5-14(19)17(22)23/h7-9,14H,3-6,10H2,1-2H3,(H,18,21)(H,22,23)/t14-/m1/s1. The molecule has 1 heterocycles. The van der Waals surface area contributed by atoms with E-state index in [0.717, 1.165) is 24.0 Å². The summed E-state index contributed by atoms with van der Waals surface area (Å²) in [6.45, 7) is 4.05. The molecule has 2 amide bonds. The zero-order valence-corrected chi connectivity index (χ0v) is 13.5. The van der Waals surface area contributed by atoms with Gasteiger partial charge in [0, 0.05) is 12.1 Å². The van der Waals surface area contributed by atoms with Gasteiger partial charge >= 0.3 is 5.97 Å². The number of carbonyl (C=O) groups is 3. The quantitative estimate of drug-likeness (QED) is 0.881. The lowest BCUT2D eigenvalue weighted by atomic mass is 10.0. The molecule has 6 nitrogen and oxygen atoms in total. The van der Waals surface area contributed by atoms with Gasteiger partial charge < -0.3 is 15.3 Å². The van der Waals surface area contributed by atoms with Gasteiger partial charge in [0.05, 0.1) is 6.54 Å². The number of aryl methyl sites for hydroxylation is 2. The van der Waals surface area contributed by atoms with Gasteiger partial charge in [-0.3, -0.25) is 9.59 Å². The van der Waals surface area contributed by atoms with Crippen molar-refractivity contribution in [3.05, 3.63) is 34.9 Å². The molecule has 0 radical (unpaired) electrons. The van der Waals surface area contributed by atoms with Crippen LogP contribution in [0.15, 0.2) is 18.2 Å². The highest BCUT2D eigenvalue weighted by Crippen LogP contribution is 2.17. The number of aliphatic carboxylic acids is 1. The van der Waals surface area contributed by atoms with Crippen LogP contribution in [0.5, 0.6) is 0 Å². The van der Waals surface area contributed by atoms with Crippen molar-refractivity contribution in [3.63, 3.8) is 0 Å². The Morgan fingerprint density at radius 2 is 1.83 bits per heavy atom. The second kappa shape index (κ2) is 7.26. The maximum absolute atomic E-state index is 12.2. The minimum atomic E-state index is -0.987. The molecule has 0 bridgehead atoms. The number of carbonyl (C=O) groups excluding carboxylic acids is 2. The highest BCUT2D eigenvalue weighted by Gasteiger charge is 2.31. The first kappa shape index (κ1) is 17.0. The van der Waals surface area contributed by atoms with Crippen molar-refractivity contribution >= 4 is 17.8 Å². The maximum Gasteiger partial charge on any atom is 0.326 e. The number of benzene rings is 1. The first-order valence-corrected chi connectivity index (χ1v) is 7.77. The molecule has 1 saturated heterocycles. The van der Waals surface area contributed by atoms with Gasteiger partial charge in [0.15, 0.2) is 0 Å². The van der Waals surface area contributed by atoms with Crippen LogP contribution in [-0.4, -0.2) is 46.9 Å². The van der Waals surface area contributed by atoms with Crippen LogP contribution < -0.4 is 5.32 Å². The van der Waals surface area contributed by atoms with Crippen molar-refractivity contribution in [2.45, 2.75) is 39.2 Å². The first-order valence-electron chi connectivity index (χ1n) is 7.77. The smallest absolute Gasteiger partial charge is 0.326 e. The van der Waals surface area contributed by atoms with Crippen LogP contribution in [-0.2, 0) is 9.59 Å². The van der Waals surface area contributed by atoms with Gasteiger partial charge in [-0.15, -0.1) is 0 Å². The molecule has 1 fully saturated rings. The minimum absolute atomic E-state index is 0.185. The summed E-state index contributed by atoms with van der Waals surface area (Å²) in [5, 5.41) is 11.8. The third-order valence-corrected chi connectivity index (χ3v) is 3.99. The fraction of sp³-hybridized carbons (Fsp3) is 0.471. The molecule has 0 spiro atoms. The second-order valence-corrected chi connectivity index (χ2v) is 6.00. The number of nitrogens with zero attached hydrogens (tertiary/aromatic N) is 1. The summed E-state index contributed by atoms with van der Waals surface area (Å²) < 4.78 is 0. The highest BCUT2D eigenvalue weighted by atomic mass is 16.4. The predicted molar refractivity (Wildman–Crippen MR) is 85.2 cm³/mol. The van der Waals surface area contributed by atoms with E-state index in [1.165, 1.54) is 4.90 Å². The maximum atomic E-state index is 12.2. The zero-order valence-electron chi connectivity index (χ0n) is 13.5. The molecule has 2 rings (SSSR count). The van der Waals surface area contributed by atoms with Crippen LogP contribution in [0.2, 0.25) is 0 Å². The van der Waals surface area contributed by atoms with E-state index < -0.39 is 12.0 Å². The molecule has 1 aliphatic rings. The van der Waals surface area contributed by atoms with E-state index in [0.29, 0.717) is 18.5 Å². The summed E-state index contributed by atoms with van der Waals surface area (Å²) in [5.41, 5.74) is 2.45. The Bertz CT molecular complexity index is 607. The molecule has 124 valence electrons. The monoisotopic (exact) mass is 318 g/mol. The summed E-state index contributed by atoms with van der Waals surface area (Å²) in [7, 11) is 0. The third-order valence-electron chi connectivity index (χ3n) is 3.99. The lowest BCUT2D eigenvalue weighted by Gasteiger charge is -2.33. The van der Waals surface area contributed by atoms with Crippen LogP contribution in [0.1, 0.15) is 40.7 Å². The summed E-state index contributed by atoms with van der Waals surface area (Å²) in [6, 6.07) is 4.70. The number of hydrogen-bond donors (Lipinski definition) is 2. The number of rotatable bonds is 4. The summed E-state index contributed by atoms with van der Waals surface area (Å²) in [6.07, 6.45) is 2.06. The SMILES string of the molecule is Cc1cc(C)cc(C(=O)NCC(=O)N2CCCC[C@@H]2C(=O)O)c1. The number of amides is 2. The van der Waals surface area contributed by atoms with Gasteiger partial charge in [-0.1, -0.05) is 17.2 Å². The molecule has 0 aromatic heterocycles. The molecule has 0 aliphatic carbocycles. The van der Waals surface area contributed by atoms with Crippen LogP contribution in [0.25, 0.3) is 0 Å². The summed E-state index contributed by atoms with van der Waals surface area (Å²) in [4.78, 5) is 37.0. The van der Waals surface area contributed by atoms with Crippen molar-refractivity contribution in [2.75, 3.05) is 13.1 Å². The van der Waals surface area contributed by atoms with Gasteiger partial charge in [0.1, 0.15) is 6.04 Å². The number of carboxylic acids is 1. The Balaban J connectivity index is 1.97. The fourth-order valence-electron chi connectivity index (χ4n) is 2.95. The van der Waals surface area contributed by atoms with E-state index in [2.05, 4.69) is 5.32 Å². The predicted octanol–water partition coefficient (Wildman–Crippen LogP) is 1.50. The molecule has 1 aliphatic heterocycles. The van der Waals surface area contributed by atoms with Gasteiger partial charge in [-0.2, -0.15) is 0 Å². The zero-order chi connectivity index (χ0) is 17.0. The van der Waals surface area contributed by atoms with E-state index in [4.69, 9.17) is 0 Å². The average Bonchev–Trinajstić information content (AvgIpc) is 2.51. The molecule has 23 heavy (non-hydrogen) atoms. The molecule has 2 N–H and O–H groups in total. The highest BCUT2D eigenvalue weighted by molar-refractivity contribution is 5.97. The number of likely N-dealkylation sites (tertiary alicyclic amines) is 1. The van der Waals surface area contributed by atoms with Crippen LogP contribution >= 0.6 is 0 Å². The van der Waals surface area contributed by atoms with Crippen LogP contribution in [0, 0.1) is 13.8 Å². The average molecular weight is 318 g/mol. The first-order chi connectivity index (χ1) is 10.9. The number of hydrogen-bond acceptors (Lipinski definition) is 3. The van der Waals surface area contributed by atoms with E-state index >= 15 is 0 Å². The number of piperidine rings is 1. The number of carboxylic acid groups (broad SMARTS) is 1. The van der Waals surface area contributed by atoms with E-state index in [1.54, 1.807) is 12.1 Å². The van der Waals surface area contributed by atoms with Crippen molar-refractivity contribution in [1.29, 1.82) is 0 Å². The lowest BCUT2D eigenvalue weighted by molar-refractivity contribution is -0.151. The molecular weight excluding hydrogens is 296 g/mol. The summed E-state index contributed by atoms with van der Waals surface area (Å²) >= 11 is 0. The fourth-order valence-corrected chi connectivity index (χ4v) is 2.95. The van der Waals surface area contributed by atoms with Crippen LogP contribution in [0.3, 0.4) is 0 Å². The molecule has 0 unspecified atom stereocenters. The van der Waals surface area contributed by atoms with Crippen molar-refractivity contribution in [3.8, 4) is 0 Å². The summed E-state index contributed by atoms with van der Waals surface area (Å²) in [5.74, 6) is -1.66. The van der Waals surface area contributed by atoms with Crippen molar-refractivity contribution in [2.24, 2.45) is 0 Å². The number of nitrogens with one attached hydrogen (secondary N) is 1. The Labute approximate surface area is 135 Å². The molecular formula is C17H22N2O4. The Morgan fingerprint density at radius 1 is 1.17 bits per heavy atom. The Morgan fingerprint density at radius 3 is 2.43 bits per heavy atom. The molecule has 1 atom stereocenters. The van der Waals surface area contributed by atoms with Gasteiger partial charge in [0.25, 0.3) is 5.91 Å². The van der Waals surface area contributed by atoms with Crippen molar-refractivity contribution in [1.82, 2.24) is 10.2 Å². The van der Waals surface area contributed by atoms with E-state index in [1.807, 2.05) is 19.9 Å². The molecule has 1 aromatic rings. The largest absolute Gasteiger partial charge is 0.480 e. The Kier molecular flexibility index (Phi) is 5.36. The van der Waals surface area contributed by atoms with Gasteiger partial charge in [0.2, 0.25) is 5.91 Å². The third kappa shape index (κ3) is 4.31. The van der Waals surface area contributed by atoms with E-state index in [-0.39, 0.29) is 18.4 Å². The Hall–Kier alpha value is -2.37. The van der Waals surface area contributed by atoms with Gasteiger partial charge in [-0.25, -0.2) is 4.79 Å². The topological polar surface area (TPSA) is 86.7 Å². The molecule has 1 aromatic carbocycles. The molecule has 0 saturated carbocycles. The van der Waals surface area contributed by atoms with E-state index in [9.17, 15) is 19.5 Å². The van der Waals surface area contributed by atoms with Crippen LogP contribution in [0.4, 0.5) is 0 Å². The minimum Gasteiger partial charge on any atom is -0.480 e. The normalized spacial score (nSPS) is 17.7.